The molecule has 0 spiro atoms. The number of amides is 2. The molecule has 0 aliphatic carbocycles. The van der Waals surface area contributed by atoms with E-state index in [4.69, 9.17) is 4.52 Å². The lowest BCUT2D eigenvalue weighted by molar-refractivity contribution is -0.132. The molecule has 6 heteroatoms. The van der Waals surface area contributed by atoms with Gasteiger partial charge in [0.15, 0.2) is 0 Å². The van der Waals surface area contributed by atoms with Gasteiger partial charge in [0.1, 0.15) is 5.76 Å². The zero-order valence-corrected chi connectivity index (χ0v) is 16.3. The lowest BCUT2D eigenvalue weighted by Crippen LogP contribution is -2.50. The van der Waals surface area contributed by atoms with Gasteiger partial charge in [-0.15, -0.1) is 0 Å². The summed E-state index contributed by atoms with van der Waals surface area (Å²) in [5, 5.41) is 3.93. The number of aryl methyl sites for hydroxylation is 3. The molecule has 3 rings (SSSR count). The first-order valence-corrected chi connectivity index (χ1v) is 9.57. The summed E-state index contributed by atoms with van der Waals surface area (Å²) < 4.78 is 5.15. The molecule has 1 aliphatic rings. The van der Waals surface area contributed by atoms with Crippen molar-refractivity contribution in [3.8, 4) is 0 Å². The van der Waals surface area contributed by atoms with E-state index < -0.39 is 0 Å². The standard InChI is InChI=1S/C21H27N3O3/c1-4-17-5-7-18(8-6-17)21(26)24-13-11-23(12-14-24)20(25)10-9-19-15(2)22-27-16(19)3/h5-8H,4,9-14H2,1-3H3. The third kappa shape index (κ3) is 4.38. The lowest BCUT2D eigenvalue weighted by atomic mass is 10.1. The predicted molar refractivity (Wildman–Crippen MR) is 103 cm³/mol. The molecule has 1 aliphatic heterocycles. The van der Waals surface area contributed by atoms with E-state index in [1.807, 2.05) is 47.9 Å². The lowest BCUT2D eigenvalue weighted by Gasteiger charge is -2.35. The summed E-state index contributed by atoms with van der Waals surface area (Å²) in [7, 11) is 0. The zero-order valence-electron chi connectivity index (χ0n) is 16.3. The molecule has 0 unspecified atom stereocenters. The minimum atomic E-state index is 0.0421. The van der Waals surface area contributed by atoms with Crippen LogP contribution in [-0.2, 0) is 17.6 Å². The number of piperazine rings is 1. The fraction of sp³-hybridized carbons (Fsp3) is 0.476. The molecule has 0 bridgehead atoms. The second-order valence-electron chi connectivity index (χ2n) is 7.03. The van der Waals surface area contributed by atoms with Crippen LogP contribution in [-0.4, -0.2) is 52.9 Å². The number of nitrogens with zero attached hydrogens (tertiary/aromatic N) is 3. The van der Waals surface area contributed by atoms with Crippen molar-refractivity contribution in [3.05, 3.63) is 52.4 Å². The molecule has 1 aromatic heterocycles. The third-order valence-corrected chi connectivity index (χ3v) is 5.30. The van der Waals surface area contributed by atoms with Gasteiger partial charge in [-0.3, -0.25) is 9.59 Å². The van der Waals surface area contributed by atoms with Crippen LogP contribution in [0.15, 0.2) is 28.8 Å². The maximum absolute atomic E-state index is 12.6. The van der Waals surface area contributed by atoms with Gasteiger partial charge in [0.2, 0.25) is 5.91 Å². The molecular formula is C21H27N3O3. The Labute approximate surface area is 160 Å². The van der Waals surface area contributed by atoms with Crippen LogP contribution in [0.25, 0.3) is 0 Å². The van der Waals surface area contributed by atoms with Crippen molar-refractivity contribution < 1.29 is 14.1 Å². The highest BCUT2D eigenvalue weighted by Crippen LogP contribution is 2.16. The Morgan fingerprint density at radius 3 is 2.22 bits per heavy atom. The molecule has 1 aromatic carbocycles. The molecule has 144 valence electrons. The van der Waals surface area contributed by atoms with Crippen molar-refractivity contribution in [2.45, 2.75) is 40.0 Å². The Morgan fingerprint density at radius 2 is 1.67 bits per heavy atom. The average molecular weight is 369 g/mol. The van der Waals surface area contributed by atoms with Crippen LogP contribution in [0.4, 0.5) is 0 Å². The van der Waals surface area contributed by atoms with Gasteiger partial charge < -0.3 is 14.3 Å². The van der Waals surface area contributed by atoms with Crippen molar-refractivity contribution in [1.82, 2.24) is 15.0 Å². The Bertz CT molecular complexity index is 783. The summed E-state index contributed by atoms with van der Waals surface area (Å²) >= 11 is 0. The monoisotopic (exact) mass is 369 g/mol. The van der Waals surface area contributed by atoms with Crippen LogP contribution in [0, 0.1) is 13.8 Å². The molecule has 2 amide bonds. The van der Waals surface area contributed by atoms with Gasteiger partial charge >= 0.3 is 0 Å². The van der Waals surface area contributed by atoms with Gasteiger partial charge in [-0.25, -0.2) is 0 Å². The highest BCUT2D eigenvalue weighted by molar-refractivity contribution is 5.94. The summed E-state index contributed by atoms with van der Waals surface area (Å²) in [5.74, 6) is 0.944. The van der Waals surface area contributed by atoms with Gasteiger partial charge in [-0.05, 0) is 44.4 Å². The molecule has 0 atom stereocenters. The SMILES string of the molecule is CCc1ccc(C(=O)N2CCN(C(=O)CCc3c(C)noc3C)CC2)cc1. The number of carbonyl (C=O) groups excluding carboxylic acids is 2. The zero-order chi connectivity index (χ0) is 19.4. The normalized spacial score (nSPS) is 14.5. The van der Waals surface area contributed by atoms with Crippen LogP contribution >= 0.6 is 0 Å². The van der Waals surface area contributed by atoms with Crippen LogP contribution in [0.2, 0.25) is 0 Å². The second-order valence-corrected chi connectivity index (χ2v) is 7.03. The molecule has 0 saturated carbocycles. The van der Waals surface area contributed by atoms with E-state index in [2.05, 4.69) is 12.1 Å². The maximum Gasteiger partial charge on any atom is 0.253 e. The molecular weight excluding hydrogens is 342 g/mol. The molecule has 1 fully saturated rings. The Kier molecular flexibility index (Phi) is 5.94. The van der Waals surface area contributed by atoms with Gasteiger partial charge in [0.05, 0.1) is 5.69 Å². The second kappa shape index (κ2) is 8.37. The molecule has 2 heterocycles. The number of aromatic nitrogens is 1. The van der Waals surface area contributed by atoms with E-state index in [0.29, 0.717) is 44.6 Å². The average Bonchev–Trinajstić information content (AvgIpc) is 3.03. The smallest absolute Gasteiger partial charge is 0.253 e. The van der Waals surface area contributed by atoms with E-state index in [9.17, 15) is 9.59 Å². The van der Waals surface area contributed by atoms with Crippen molar-refractivity contribution >= 4 is 11.8 Å². The van der Waals surface area contributed by atoms with E-state index in [-0.39, 0.29) is 11.8 Å². The van der Waals surface area contributed by atoms with E-state index in [1.54, 1.807) is 0 Å². The summed E-state index contributed by atoms with van der Waals surface area (Å²) in [6, 6.07) is 7.79. The van der Waals surface area contributed by atoms with Crippen molar-refractivity contribution in [2.75, 3.05) is 26.2 Å². The summed E-state index contributed by atoms with van der Waals surface area (Å²) in [6.45, 7) is 8.18. The summed E-state index contributed by atoms with van der Waals surface area (Å²) in [6.07, 6.45) is 2.04. The Balaban J connectivity index is 1.50. The van der Waals surface area contributed by atoms with E-state index >= 15 is 0 Å². The number of hydrogen-bond donors (Lipinski definition) is 0. The van der Waals surface area contributed by atoms with Crippen LogP contribution in [0.1, 0.15) is 46.3 Å². The number of rotatable bonds is 5. The Morgan fingerprint density at radius 1 is 1.04 bits per heavy atom. The van der Waals surface area contributed by atoms with Crippen LogP contribution in [0.3, 0.4) is 0 Å². The molecule has 0 radical (unpaired) electrons. The first-order valence-electron chi connectivity index (χ1n) is 9.57. The molecule has 27 heavy (non-hydrogen) atoms. The number of carbonyl (C=O) groups is 2. The minimum Gasteiger partial charge on any atom is -0.361 e. The van der Waals surface area contributed by atoms with Crippen molar-refractivity contribution in [1.29, 1.82) is 0 Å². The predicted octanol–water partition coefficient (Wildman–Crippen LogP) is 2.77. The van der Waals surface area contributed by atoms with Crippen LogP contribution in [0.5, 0.6) is 0 Å². The fourth-order valence-corrected chi connectivity index (χ4v) is 3.47. The van der Waals surface area contributed by atoms with Gasteiger partial charge in [0, 0.05) is 43.7 Å². The minimum absolute atomic E-state index is 0.0421. The maximum atomic E-state index is 12.6. The molecule has 2 aromatic rings. The summed E-state index contributed by atoms with van der Waals surface area (Å²) in [5.41, 5.74) is 3.81. The van der Waals surface area contributed by atoms with Crippen molar-refractivity contribution in [3.63, 3.8) is 0 Å². The first-order chi connectivity index (χ1) is 13.0. The van der Waals surface area contributed by atoms with E-state index in [1.165, 1.54) is 5.56 Å². The highest BCUT2D eigenvalue weighted by Gasteiger charge is 2.25. The fourth-order valence-electron chi connectivity index (χ4n) is 3.47. The Hall–Kier alpha value is -2.63. The largest absolute Gasteiger partial charge is 0.361 e. The van der Waals surface area contributed by atoms with Crippen LogP contribution < -0.4 is 0 Å². The molecule has 0 N–H and O–H groups in total. The highest BCUT2D eigenvalue weighted by atomic mass is 16.5. The molecule has 6 nitrogen and oxygen atoms in total. The van der Waals surface area contributed by atoms with E-state index in [0.717, 1.165) is 23.4 Å². The third-order valence-electron chi connectivity index (χ3n) is 5.30. The quantitative estimate of drug-likeness (QED) is 0.813. The molecule has 1 saturated heterocycles. The number of hydrogen-bond acceptors (Lipinski definition) is 4. The first kappa shape index (κ1) is 19.1. The van der Waals surface area contributed by atoms with Gasteiger partial charge in [0.25, 0.3) is 5.91 Å². The summed E-state index contributed by atoms with van der Waals surface area (Å²) in [4.78, 5) is 28.8. The topological polar surface area (TPSA) is 66.7 Å². The van der Waals surface area contributed by atoms with Gasteiger partial charge in [-0.1, -0.05) is 24.2 Å². The van der Waals surface area contributed by atoms with Gasteiger partial charge in [-0.2, -0.15) is 0 Å². The number of benzene rings is 1. The van der Waals surface area contributed by atoms with Crippen molar-refractivity contribution in [2.24, 2.45) is 0 Å².